The van der Waals surface area contributed by atoms with E-state index in [-0.39, 0.29) is 12.1 Å². The van der Waals surface area contributed by atoms with E-state index in [1.807, 2.05) is 69.8 Å². The fourth-order valence-electron chi connectivity index (χ4n) is 5.94. The predicted molar refractivity (Wildman–Crippen MR) is 182 cm³/mol. The first kappa shape index (κ1) is 31.8. The van der Waals surface area contributed by atoms with Crippen LogP contribution in [0.15, 0.2) is 48.5 Å². The van der Waals surface area contributed by atoms with Crippen molar-refractivity contribution in [2.75, 3.05) is 32.1 Å². The number of aromatic nitrogens is 3. The molecule has 1 amide bonds. The quantitative estimate of drug-likeness (QED) is 0.193. The summed E-state index contributed by atoms with van der Waals surface area (Å²) >= 11 is 7.77. The highest BCUT2D eigenvalue weighted by Crippen LogP contribution is 2.45. The molecule has 5 aromatic rings. The summed E-state index contributed by atoms with van der Waals surface area (Å²) in [7, 11) is 5.05. The lowest BCUT2D eigenvalue weighted by Gasteiger charge is -2.43. The van der Waals surface area contributed by atoms with Gasteiger partial charge in [-0.2, -0.15) is 5.10 Å². The zero-order chi connectivity index (χ0) is 33.1. The molecule has 3 heterocycles. The summed E-state index contributed by atoms with van der Waals surface area (Å²) < 4.78 is 13.8. The molecule has 1 N–H and O–H groups in total. The Balaban J connectivity index is 1.46. The van der Waals surface area contributed by atoms with Crippen LogP contribution >= 0.6 is 22.9 Å². The first-order chi connectivity index (χ1) is 21.8. The van der Waals surface area contributed by atoms with Crippen LogP contribution < -0.4 is 4.90 Å². The van der Waals surface area contributed by atoms with Gasteiger partial charge in [0.25, 0.3) is 0 Å². The Labute approximate surface area is 276 Å². The summed E-state index contributed by atoms with van der Waals surface area (Å²) in [5.74, 6) is -0.212. The largest absolute Gasteiger partial charge is 0.479 e. The summed E-state index contributed by atoms with van der Waals surface area (Å²) in [5, 5.41) is 17.6. The van der Waals surface area contributed by atoms with Crippen LogP contribution in [0.4, 0.5) is 10.6 Å². The van der Waals surface area contributed by atoms with E-state index < -0.39 is 17.7 Å². The maximum atomic E-state index is 12.7. The van der Waals surface area contributed by atoms with E-state index in [0.717, 1.165) is 54.2 Å². The van der Waals surface area contributed by atoms with E-state index >= 15 is 0 Å². The van der Waals surface area contributed by atoms with Crippen LogP contribution in [0.3, 0.4) is 0 Å². The number of hydrogen-bond donors (Lipinski definition) is 1. The number of methoxy groups -OCH3 is 1. The minimum atomic E-state index is -1.19. The fraction of sp³-hybridized carbons (Fsp3) is 0.353. The highest BCUT2D eigenvalue weighted by Gasteiger charge is 2.36. The number of likely N-dealkylation sites (N-methyl/N-ethyl adjacent to an activating group) is 1. The van der Waals surface area contributed by atoms with Crippen LogP contribution in [-0.2, 0) is 21.3 Å². The van der Waals surface area contributed by atoms with Gasteiger partial charge in [-0.15, -0.1) is 11.3 Å². The van der Waals surface area contributed by atoms with E-state index in [1.165, 1.54) is 18.4 Å². The molecule has 1 unspecified atom stereocenters. The number of halogens is 1. The molecule has 2 aromatic heterocycles. The summed E-state index contributed by atoms with van der Waals surface area (Å²) in [5.41, 5.74) is 4.97. The second-order valence-electron chi connectivity index (χ2n) is 12.6. The van der Waals surface area contributed by atoms with Crippen molar-refractivity contribution in [3.05, 3.63) is 64.7 Å². The Morgan fingerprint density at radius 3 is 2.41 bits per heavy atom. The van der Waals surface area contributed by atoms with E-state index in [9.17, 15) is 14.7 Å². The molecule has 0 saturated carbocycles. The van der Waals surface area contributed by atoms with Gasteiger partial charge in [0.2, 0.25) is 0 Å². The van der Waals surface area contributed by atoms with E-state index in [0.29, 0.717) is 23.7 Å². The van der Waals surface area contributed by atoms with E-state index in [4.69, 9.17) is 31.2 Å². The number of rotatable bonds is 7. The number of aryl methyl sites for hydroxylation is 2. The second-order valence-corrected chi connectivity index (χ2v) is 14.1. The number of carboxylic acid groups (broad SMARTS) is 1. The summed E-state index contributed by atoms with van der Waals surface area (Å²) in [6, 6.07) is 15.6. The van der Waals surface area contributed by atoms with Crippen LogP contribution in [-0.4, -0.2) is 75.7 Å². The van der Waals surface area contributed by atoms with Gasteiger partial charge in [0.1, 0.15) is 5.01 Å². The van der Waals surface area contributed by atoms with Gasteiger partial charge in [0, 0.05) is 54.3 Å². The molecule has 46 heavy (non-hydrogen) atoms. The Hall–Kier alpha value is -4.19. The van der Waals surface area contributed by atoms with Crippen LogP contribution in [0, 0.1) is 6.92 Å². The maximum absolute atomic E-state index is 12.7. The van der Waals surface area contributed by atoms with Gasteiger partial charge in [-0.3, -0.25) is 4.68 Å². The topological polar surface area (TPSA) is 110 Å². The van der Waals surface area contributed by atoms with E-state index in [2.05, 4.69) is 11.0 Å². The number of fused-ring (bicyclic) bond motifs is 2. The first-order valence-electron chi connectivity index (χ1n) is 14.9. The van der Waals surface area contributed by atoms with Crippen LogP contribution in [0.1, 0.15) is 38.0 Å². The van der Waals surface area contributed by atoms with Crippen LogP contribution in [0.25, 0.3) is 42.8 Å². The number of benzene rings is 3. The van der Waals surface area contributed by atoms with Crippen molar-refractivity contribution < 1.29 is 24.2 Å². The molecule has 3 aromatic carbocycles. The molecule has 240 valence electrons. The molecule has 1 fully saturated rings. The highest BCUT2D eigenvalue weighted by molar-refractivity contribution is 7.22. The van der Waals surface area contributed by atoms with Crippen molar-refractivity contribution >= 4 is 61.9 Å². The molecule has 1 aliphatic rings. The minimum Gasteiger partial charge on any atom is -0.479 e. The highest BCUT2D eigenvalue weighted by atomic mass is 35.5. The zero-order valence-electron chi connectivity index (χ0n) is 26.8. The molecular formula is C34H36ClN5O5S. The molecule has 0 radical (unpaired) electrons. The number of anilines is 1. The molecular weight excluding hydrogens is 626 g/mol. The fourth-order valence-corrected chi connectivity index (χ4v) is 7.19. The number of amides is 1. The summed E-state index contributed by atoms with van der Waals surface area (Å²) in [4.78, 5) is 33.5. The second kappa shape index (κ2) is 11.9. The number of aliphatic carboxylic acids is 1. The van der Waals surface area contributed by atoms with Gasteiger partial charge >= 0.3 is 12.1 Å². The lowest BCUT2D eigenvalue weighted by Crippen LogP contribution is -2.60. The molecule has 10 nitrogen and oxygen atoms in total. The Morgan fingerprint density at radius 2 is 1.78 bits per heavy atom. The third-order valence-electron chi connectivity index (χ3n) is 8.27. The molecule has 0 bridgehead atoms. The lowest BCUT2D eigenvalue weighted by molar-refractivity contribution is -0.160. The Kier molecular flexibility index (Phi) is 8.20. The number of carboxylic acids is 1. The zero-order valence-corrected chi connectivity index (χ0v) is 28.4. The third-order valence-corrected chi connectivity index (χ3v) is 9.66. The Morgan fingerprint density at radius 1 is 1.11 bits per heavy atom. The third kappa shape index (κ3) is 5.78. The predicted octanol–water partition coefficient (Wildman–Crippen LogP) is 7.31. The minimum absolute atomic E-state index is 0.0394. The number of nitrogens with zero attached hydrogens (tertiary/aromatic N) is 5. The molecule has 1 aliphatic heterocycles. The van der Waals surface area contributed by atoms with Crippen molar-refractivity contribution in [3.8, 4) is 21.7 Å². The van der Waals surface area contributed by atoms with Crippen LogP contribution in [0.5, 0.6) is 0 Å². The van der Waals surface area contributed by atoms with E-state index in [1.54, 1.807) is 24.1 Å². The van der Waals surface area contributed by atoms with Crippen molar-refractivity contribution in [3.63, 3.8) is 0 Å². The number of thiazole rings is 1. The number of carbonyl (C=O) groups is 2. The monoisotopic (exact) mass is 661 g/mol. The van der Waals surface area contributed by atoms with Crippen LogP contribution in [0.2, 0.25) is 5.02 Å². The molecule has 6 rings (SSSR count). The van der Waals surface area contributed by atoms with Crippen molar-refractivity contribution in [2.24, 2.45) is 7.05 Å². The SMILES string of the molecule is COC(=O)N(C)C1CN(c2nn(C)c3ccc(-c4nc5cc(C)c(C(OC(C)(C)C)C(=O)O)c(-c6ccc(Cl)cc6)c5s4)cc23)C1. The molecule has 0 spiro atoms. The molecule has 1 saturated heterocycles. The average Bonchev–Trinajstić information content (AvgIpc) is 3.54. The average molecular weight is 662 g/mol. The normalized spacial score (nSPS) is 14.5. The smallest absolute Gasteiger partial charge is 0.409 e. The summed E-state index contributed by atoms with van der Waals surface area (Å²) in [6.07, 6.45) is -1.54. The Bertz CT molecular complexity index is 1970. The number of hydrogen-bond acceptors (Lipinski definition) is 8. The number of ether oxygens (including phenoxy) is 2. The first-order valence-corrected chi connectivity index (χ1v) is 16.1. The van der Waals surface area contributed by atoms with Gasteiger partial charge in [-0.1, -0.05) is 23.7 Å². The molecule has 0 aliphatic carbocycles. The van der Waals surface area contributed by atoms with Gasteiger partial charge in [0.15, 0.2) is 11.9 Å². The summed E-state index contributed by atoms with van der Waals surface area (Å²) in [6.45, 7) is 8.76. The van der Waals surface area contributed by atoms with Gasteiger partial charge in [0.05, 0.1) is 34.5 Å². The van der Waals surface area contributed by atoms with Gasteiger partial charge in [-0.05, 0) is 75.2 Å². The maximum Gasteiger partial charge on any atom is 0.409 e. The lowest BCUT2D eigenvalue weighted by atomic mass is 9.91. The van der Waals surface area contributed by atoms with Crippen molar-refractivity contribution in [2.45, 2.75) is 45.4 Å². The number of carbonyl (C=O) groups excluding carboxylic acids is 1. The molecule has 1 atom stereocenters. The van der Waals surface area contributed by atoms with Gasteiger partial charge < -0.3 is 24.4 Å². The van der Waals surface area contributed by atoms with Crippen molar-refractivity contribution in [1.82, 2.24) is 19.7 Å². The van der Waals surface area contributed by atoms with Gasteiger partial charge in [-0.25, -0.2) is 14.6 Å². The van der Waals surface area contributed by atoms with Crippen molar-refractivity contribution in [1.29, 1.82) is 0 Å². The standard InChI is InChI=1S/C34H36ClN5O5S/c1-18-14-24-29(27(19-8-11-21(35)12-9-19)26(18)28(32(41)42)45-34(2,3)4)46-31(36-24)20-10-13-25-23(15-20)30(37-39(25)6)40-16-22(17-40)38(5)33(43)44-7/h8-15,22,28H,16-17H2,1-7H3,(H,41,42). The molecule has 12 heteroatoms.